The highest BCUT2D eigenvalue weighted by Gasteiger charge is 2.39. The van der Waals surface area contributed by atoms with Gasteiger partial charge in [-0.25, -0.2) is 4.79 Å². The van der Waals surface area contributed by atoms with E-state index in [4.69, 9.17) is 4.74 Å². The van der Waals surface area contributed by atoms with E-state index in [1.54, 1.807) is 0 Å². The fraction of sp³-hybridized carbons (Fsp3) is 0.938. The number of carbonyl (C=O) groups is 1. The predicted molar refractivity (Wildman–Crippen MR) is 82.9 cm³/mol. The lowest BCUT2D eigenvalue weighted by Gasteiger charge is -2.43. The van der Waals surface area contributed by atoms with Gasteiger partial charge >= 0.3 is 6.09 Å². The first-order valence-corrected chi connectivity index (χ1v) is 7.73. The van der Waals surface area contributed by atoms with Crippen LogP contribution in [-0.4, -0.2) is 30.3 Å². The minimum Gasteiger partial charge on any atom is -0.444 e. The van der Waals surface area contributed by atoms with E-state index < -0.39 is 5.60 Å². The summed E-state index contributed by atoms with van der Waals surface area (Å²) >= 11 is 0. The van der Waals surface area contributed by atoms with E-state index in [2.05, 4.69) is 31.4 Å². The van der Waals surface area contributed by atoms with Crippen LogP contribution in [0.3, 0.4) is 0 Å². The van der Waals surface area contributed by atoms with E-state index in [9.17, 15) is 4.79 Å². The monoisotopic (exact) mass is 284 g/mol. The van der Waals surface area contributed by atoms with E-state index in [0.717, 1.165) is 32.4 Å². The topological polar surface area (TPSA) is 50.4 Å². The number of ether oxygens (including phenoxy) is 1. The second-order valence-electron chi connectivity index (χ2n) is 8.25. The van der Waals surface area contributed by atoms with Crippen molar-refractivity contribution < 1.29 is 9.53 Å². The first-order valence-electron chi connectivity index (χ1n) is 7.73. The molecule has 0 atom stereocenters. The number of hydrogen-bond donors (Lipinski definition) is 2. The highest BCUT2D eigenvalue weighted by Crippen LogP contribution is 2.31. The Morgan fingerprint density at radius 1 is 1.15 bits per heavy atom. The van der Waals surface area contributed by atoms with Gasteiger partial charge in [0.1, 0.15) is 5.60 Å². The largest absolute Gasteiger partial charge is 0.444 e. The van der Waals surface area contributed by atoms with Gasteiger partial charge in [0.05, 0.1) is 5.54 Å². The van der Waals surface area contributed by atoms with Crippen molar-refractivity contribution in [2.24, 2.45) is 5.41 Å². The third-order valence-corrected chi connectivity index (χ3v) is 3.59. The molecule has 0 heterocycles. The summed E-state index contributed by atoms with van der Waals surface area (Å²) < 4.78 is 5.35. The number of hydrogen-bond acceptors (Lipinski definition) is 3. The second-order valence-corrected chi connectivity index (χ2v) is 8.25. The maximum Gasteiger partial charge on any atom is 0.408 e. The number of amides is 1. The highest BCUT2D eigenvalue weighted by molar-refractivity contribution is 5.69. The lowest BCUT2D eigenvalue weighted by atomic mass is 9.76. The van der Waals surface area contributed by atoms with Crippen LogP contribution >= 0.6 is 0 Å². The molecule has 0 saturated heterocycles. The van der Waals surface area contributed by atoms with Crippen LogP contribution in [0.15, 0.2) is 0 Å². The molecule has 0 aromatic carbocycles. The van der Waals surface area contributed by atoms with Crippen molar-refractivity contribution in [2.45, 2.75) is 78.4 Å². The van der Waals surface area contributed by atoms with Crippen molar-refractivity contribution in [3.63, 3.8) is 0 Å². The van der Waals surface area contributed by atoms with E-state index in [1.807, 2.05) is 20.8 Å². The van der Waals surface area contributed by atoms with Gasteiger partial charge < -0.3 is 15.4 Å². The molecule has 1 amide bonds. The molecular formula is C16H32N2O2. The van der Waals surface area contributed by atoms with Crippen LogP contribution in [0.25, 0.3) is 0 Å². The summed E-state index contributed by atoms with van der Waals surface area (Å²) in [5.74, 6) is 0. The molecule has 0 unspecified atom stereocenters. The van der Waals surface area contributed by atoms with Gasteiger partial charge in [-0.1, -0.05) is 20.8 Å². The van der Waals surface area contributed by atoms with Crippen molar-refractivity contribution in [2.75, 3.05) is 13.1 Å². The Balaban J connectivity index is 2.34. The molecule has 0 aliphatic heterocycles. The standard InChI is InChI=1S/C16H32N2O2/c1-14(2,3)10-11-17-12-16(8-7-9-16)18-13(19)20-15(4,5)6/h17H,7-12H2,1-6H3,(H,18,19). The molecule has 1 fully saturated rings. The van der Waals surface area contributed by atoms with Crippen LogP contribution in [0, 0.1) is 5.41 Å². The van der Waals surface area contributed by atoms with E-state index in [-0.39, 0.29) is 11.6 Å². The van der Waals surface area contributed by atoms with Crippen LogP contribution in [0.5, 0.6) is 0 Å². The lowest BCUT2D eigenvalue weighted by molar-refractivity contribution is 0.0382. The normalized spacial score (nSPS) is 18.3. The Bertz CT molecular complexity index is 322. The average molecular weight is 284 g/mol. The SMILES string of the molecule is CC(C)(C)CCNCC1(NC(=O)OC(C)(C)C)CCC1. The van der Waals surface area contributed by atoms with Crippen molar-refractivity contribution in [3.8, 4) is 0 Å². The number of carbonyl (C=O) groups excluding carboxylic acids is 1. The van der Waals surface area contributed by atoms with E-state index >= 15 is 0 Å². The van der Waals surface area contributed by atoms with E-state index in [0.29, 0.717) is 5.41 Å². The summed E-state index contributed by atoms with van der Waals surface area (Å²) in [7, 11) is 0. The molecule has 1 aliphatic carbocycles. The van der Waals surface area contributed by atoms with Gasteiger partial charge in [-0.05, 0) is 58.4 Å². The molecule has 4 nitrogen and oxygen atoms in total. The third-order valence-electron chi connectivity index (χ3n) is 3.59. The van der Waals surface area contributed by atoms with Gasteiger partial charge in [0.15, 0.2) is 0 Å². The Morgan fingerprint density at radius 2 is 1.75 bits per heavy atom. The molecule has 1 rings (SSSR count). The van der Waals surface area contributed by atoms with Crippen molar-refractivity contribution in [1.82, 2.24) is 10.6 Å². The predicted octanol–water partition coefficient (Wildman–Crippen LogP) is 3.46. The molecule has 20 heavy (non-hydrogen) atoms. The molecule has 0 spiro atoms. The van der Waals surface area contributed by atoms with Gasteiger partial charge in [-0.2, -0.15) is 0 Å². The fourth-order valence-corrected chi connectivity index (χ4v) is 2.26. The van der Waals surface area contributed by atoms with Crippen LogP contribution in [0.2, 0.25) is 0 Å². The number of nitrogens with one attached hydrogen (secondary N) is 2. The molecule has 118 valence electrons. The van der Waals surface area contributed by atoms with Gasteiger partial charge in [-0.3, -0.25) is 0 Å². The van der Waals surface area contributed by atoms with Crippen LogP contribution < -0.4 is 10.6 Å². The summed E-state index contributed by atoms with van der Waals surface area (Å²) in [5, 5.41) is 6.54. The zero-order valence-corrected chi connectivity index (χ0v) is 14.1. The van der Waals surface area contributed by atoms with Crippen molar-refractivity contribution in [1.29, 1.82) is 0 Å². The third kappa shape index (κ3) is 6.60. The Morgan fingerprint density at radius 3 is 2.15 bits per heavy atom. The number of rotatable bonds is 5. The Hall–Kier alpha value is -0.770. The molecule has 4 heteroatoms. The number of alkyl carbamates (subject to hydrolysis) is 1. The minimum absolute atomic E-state index is 0.0970. The molecule has 1 saturated carbocycles. The summed E-state index contributed by atoms with van der Waals surface area (Å²) in [6, 6.07) is 0. The Kier molecular flexibility index (Phi) is 5.47. The molecular weight excluding hydrogens is 252 g/mol. The lowest BCUT2D eigenvalue weighted by Crippen LogP contribution is -2.60. The van der Waals surface area contributed by atoms with Gasteiger partial charge in [-0.15, -0.1) is 0 Å². The summed E-state index contributed by atoms with van der Waals surface area (Å²) in [4.78, 5) is 11.9. The fourth-order valence-electron chi connectivity index (χ4n) is 2.26. The van der Waals surface area contributed by atoms with Gasteiger partial charge in [0.2, 0.25) is 0 Å². The average Bonchev–Trinajstić information content (AvgIpc) is 2.15. The summed E-state index contributed by atoms with van der Waals surface area (Å²) in [5.41, 5.74) is -0.187. The van der Waals surface area contributed by atoms with Crippen molar-refractivity contribution >= 4 is 6.09 Å². The first kappa shape index (κ1) is 17.3. The van der Waals surface area contributed by atoms with Crippen molar-refractivity contribution in [3.05, 3.63) is 0 Å². The molecule has 0 bridgehead atoms. The summed E-state index contributed by atoms with van der Waals surface area (Å²) in [6.45, 7) is 14.2. The highest BCUT2D eigenvalue weighted by atomic mass is 16.6. The molecule has 0 aromatic rings. The maximum absolute atomic E-state index is 11.9. The smallest absolute Gasteiger partial charge is 0.408 e. The molecule has 1 aliphatic rings. The zero-order chi connectivity index (χ0) is 15.4. The zero-order valence-electron chi connectivity index (χ0n) is 14.1. The first-order chi connectivity index (χ1) is 9.02. The minimum atomic E-state index is -0.436. The van der Waals surface area contributed by atoms with Crippen LogP contribution in [0.1, 0.15) is 67.2 Å². The van der Waals surface area contributed by atoms with Gasteiger partial charge in [0, 0.05) is 6.54 Å². The molecule has 0 radical (unpaired) electrons. The summed E-state index contributed by atoms with van der Waals surface area (Å²) in [6.07, 6.45) is 4.09. The Labute approximate surface area is 124 Å². The molecule has 2 N–H and O–H groups in total. The second kappa shape index (κ2) is 6.33. The van der Waals surface area contributed by atoms with Gasteiger partial charge in [0.25, 0.3) is 0 Å². The quantitative estimate of drug-likeness (QED) is 0.760. The maximum atomic E-state index is 11.9. The van der Waals surface area contributed by atoms with Crippen LogP contribution in [0.4, 0.5) is 4.79 Å². The van der Waals surface area contributed by atoms with Crippen LogP contribution in [-0.2, 0) is 4.74 Å². The van der Waals surface area contributed by atoms with E-state index in [1.165, 1.54) is 6.42 Å². The molecule has 0 aromatic heterocycles.